The standard InChI is InChI=1S/C8H15N3.2ClH/c1-6(2)8(9)7-4-10-11(3)5-7;;/h4-6,8H,9H2,1-3H3;2*1H/t8-;;/m0../s1. The maximum Gasteiger partial charge on any atom is 0.0537 e. The summed E-state index contributed by atoms with van der Waals surface area (Å²) in [4.78, 5) is 0. The predicted octanol–water partition coefficient (Wildman–Crippen LogP) is 1.92. The van der Waals surface area contributed by atoms with Gasteiger partial charge in [-0.15, -0.1) is 24.8 Å². The zero-order valence-electron chi connectivity index (χ0n) is 8.10. The van der Waals surface area contributed by atoms with E-state index in [-0.39, 0.29) is 30.9 Å². The molecule has 0 bridgehead atoms. The van der Waals surface area contributed by atoms with Gasteiger partial charge in [-0.05, 0) is 5.92 Å². The summed E-state index contributed by atoms with van der Waals surface area (Å²) in [6.45, 7) is 4.22. The molecule has 1 atom stereocenters. The molecular formula is C8H17Cl2N3. The topological polar surface area (TPSA) is 43.8 Å². The van der Waals surface area contributed by atoms with Crippen molar-refractivity contribution in [3.63, 3.8) is 0 Å². The van der Waals surface area contributed by atoms with Crippen LogP contribution >= 0.6 is 24.8 Å². The molecule has 1 aromatic heterocycles. The summed E-state index contributed by atoms with van der Waals surface area (Å²) >= 11 is 0. The van der Waals surface area contributed by atoms with Gasteiger partial charge in [-0.25, -0.2) is 0 Å². The second-order valence-electron chi connectivity index (χ2n) is 3.22. The van der Waals surface area contributed by atoms with Crippen LogP contribution in [0.3, 0.4) is 0 Å². The van der Waals surface area contributed by atoms with Crippen LogP contribution in [0.5, 0.6) is 0 Å². The molecule has 0 radical (unpaired) electrons. The van der Waals surface area contributed by atoms with E-state index in [0.29, 0.717) is 5.92 Å². The van der Waals surface area contributed by atoms with Crippen LogP contribution in [0, 0.1) is 5.92 Å². The molecule has 13 heavy (non-hydrogen) atoms. The maximum atomic E-state index is 5.90. The lowest BCUT2D eigenvalue weighted by Crippen LogP contribution is -2.15. The zero-order chi connectivity index (χ0) is 8.43. The Kier molecular flexibility index (Phi) is 7.31. The van der Waals surface area contributed by atoms with E-state index < -0.39 is 0 Å². The van der Waals surface area contributed by atoms with Gasteiger partial charge in [-0.3, -0.25) is 4.68 Å². The highest BCUT2D eigenvalue weighted by Crippen LogP contribution is 2.16. The summed E-state index contributed by atoms with van der Waals surface area (Å²) < 4.78 is 1.78. The second kappa shape index (κ2) is 6.24. The van der Waals surface area contributed by atoms with E-state index in [0.717, 1.165) is 5.56 Å². The Morgan fingerprint density at radius 3 is 2.23 bits per heavy atom. The second-order valence-corrected chi connectivity index (χ2v) is 3.22. The van der Waals surface area contributed by atoms with Crippen molar-refractivity contribution < 1.29 is 0 Å². The highest BCUT2D eigenvalue weighted by Gasteiger charge is 2.11. The Bertz CT molecular complexity index is 235. The molecule has 1 aromatic rings. The molecule has 2 N–H and O–H groups in total. The summed E-state index contributed by atoms with van der Waals surface area (Å²) in [5, 5.41) is 4.06. The van der Waals surface area contributed by atoms with Crippen molar-refractivity contribution in [2.24, 2.45) is 18.7 Å². The van der Waals surface area contributed by atoms with Gasteiger partial charge in [0.2, 0.25) is 0 Å². The largest absolute Gasteiger partial charge is 0.324 e. The van der Waals surface area contributed by atoms with Crippen LogP contribution in [0.2, 0.25) is 0 Å². The number of aryl methyl sites for hydroxylation is 1. The highest BCUT2D eigenvalue weighted by molar-refractivity contribution is 5.85. The van der Waals surface area contributed by atoms with Crippen LogP contribution in [-0.2, 0) is 7.05 Å². The van der Waals surface area contributed by atoms with Gasteiger partial charge in [-0.1, -0.05) is 13.8 Å². The molecule has 3 nitrogen and oxygen atoms in total. The van der Waals surface area contributed by atoms with E-state index in [1.807, 2.05) is 19.4 Å². The maximum absolute atomic E-state index is 5.90. The fraction of sp³-hybridized carbons (Fsp3) is 0.625. The third-order valence-corrected chi connectivity index (χ3v) is 1.83. The molecule has 0 aliphatic heterocycles. The molecule has 0 amide bonds. The minimum absolute atomic E-state index is 0. The lowest BCUT2D eigenvalue weighted by molar-refractivity contribution is 0.514. The molecule has 0 aliphatic rings. The van der Waals surface area contributed by atoms with Gasteiger partial charge in [0.25, 0.3) is 0 Å². The molecule has 0 saturated carbocycles. The number of hydrogen-bond donors (Lipinski definition) is 1. The van der Waals surface area contributed by atoms with Gasteiger partial charge < -0.3 is 5.73 Å². The molecule has 78 valence electrons. The van der Waals surface area contributed by atoms with Gasteiger partial charge in [0, 0.05) is 24.8 Å². The van der Waals surface area contributed by atoms with Crippen LogP contribution < -0.4 is 5.73 Å². The average molecular weight is 226 g/mol. The summed E-state index contributed by atoms with van der Waals surface area (Å²) in [6, 6.07) is 0.115. The Hall–Kier alpha value is -0.250. The highest BCUT2D eigenvalue weighted by atomic mass is 35.5. The number of nitrogens with zero attached hydrogens (tertiary/aromatic N) is 2. The molecule has 0 aromatic carbocycles. The Balaban J connectivity index is 0. The average Bonchev–Trinajstić information content (AvgIpc) is 2.34. The van der Waals surface area contributed by atoms with Crippen molar-refractivity contribution in [2.45, 2.75) is 19.9 Å². The molecule has 0 fully saturated rings. The SMILES string of the molecule is CC(C)[C@H](N)c1cnn(C)c1.Cl.Cl. The monoisotopic (exact) mass is 225 g/mol. The molecule has 0 spiro atoms. The van der Waals surface area contributed by atoms with Crippen LogP contribution in [0.15, 0.2) is 12.4 Å². The third kappa shape index (κ3) is 3.98. The van der Waals surface area contributed by atoms with E-state index in [4.69, 9.17) is 5.73 Å². The van der Waals surface area contributed by atoms with Crippen molar-refractivity contribution in [2.75, 3.05) is 0 Å². The fourth-order valence-corrected chi connectivity index (χ4v) is 0.997. The summed E-state index contributed by atoms with van der Waals surface area (Å²) in [6.07, 6.45) is 3.79. The number of halogens is 2. The minimum Gasteiger partial charge on any atom is -0.324 e. The first-order valence-electron chi connectivity index (χ1n) is 3.85. The van der Waals surface area contributed by atoms with E-state index >= 15 is 0 Å². The Labute approximate surface area is 91.5 Å². The third-order valence-electron chi connectivity index (χ3n) is 1.83. The van der Waals surface area contributed by atoms with Crippen LogP contribution in [0.1, 0.15) is 25.5 Å². The van der Waals surface area contributed by atoms with E-state index in [1.54, 1.807) is 4.68 Å². The molecule has 1 rings (SSSR count). The van der Waals surface area contributed by atoms with Crippen LogP contribution in [0.25, 0.3) is 0 Å². The summed E-state index contributed by atoms with van der Waals surface area (Å²) in [5.74, 6) is 0.471. The number of rotatable bonds is 2. The Morgan fingerprint density at radius 1 is 1.38 bits per heavy atom. The molecular weight excluding hydrogens is 209 g/mol. The van der Waals surface area contributed by atoms with Gasteiger partial charge in [0.15, 0.2) is 0 Å². The normalized spacial score (nSPS) is 11.8. The summed E-state index contributed by atoms with van der Waals surface area (Å²) in [5.41, 5.74) is 7.01. The molecule has 5 heteroatoms. The van der Waals surface area contributed by atoms with Gasteiger partial charge >= 0.3 is 0 Å². The minimum atomic E-state index is 0. The lowest BCUT2D eigenvalue weighted by atomic mass is 10.0. The van der Waals surface area contributed by atoms with Crippen LogP contribution in [-0.4, -0.2) is 9.78 Å². The molecule has 0 aliphatic carbocycles. The Morgan fingerprint density at radius 2 is 1.92 bits per heavy atom. The number of nitrogens with two attached hydrogens (primary N) is 1. The number of hydrogen-bond acceptors (Lipinski definition) is 2. The molecule has 0 unspecified atom stereocenters. The van der Waals surface area contributed by atoms with Gasteiger partial charge in [0.1, 0.15) is 0 Å². The number of aromatic nitrogens is 2. The fourth-order valence-electron chi connectivity index (χ4n) is 0.997. The first kappa shape index (κ1) is 15.2. The first-order valence-corrected chi connectivity index (χ1v) is 3.85. The smallest absolute Gasteiger partial charge is 0.0537 e. The van der Waals surface area contributed by atoms with Crippen molar-refractivity contribution >= 4 is 24.8 Å². The van der Waals surface area contributed by atoms with Crippen molar-refractivity contribution in [1.29, 1.82) is 0 Å². The zero-order valence-corrected chi connectivity index (χ0v) is 9.73. The van der Waals surface area contributed by atoms with Crippen LogP contribution in [0.4, 0.5) is 0 Å². The van der Waals surface area contributed by atoms with Crippen molar-refractivity contribution in [3.8, 4) is 0 Å². The molecule has 0 saturated heterocycles. The van der Waals surface area contributed by atoms with E-state index in [1.165, 1.54) is 0 Å². The van der Waals surface area contributed by atoms with Crippen molar-refractivity contribution in [1.82, 2.24) is 9.78 Å². The predicted molar refractivity (Wildman–Crippen MR) is 59.5 cm³/mol. The van der Waals surface area contributed by atoms with E-state index in [9.17, 15) is 0 Å². The molecule has 1 heterocycles. The van der Waals surface area contributed by atoms with E-state index in [2.05, 4.69) is 18.9 Å². The lowest BCUT2D eigenvalue weighted by Gasteiger charge is -2.12. The first-order chi connectivity index (χ1) is 5.11. The van der Waals surface area contributed by atoms with Gasteiger partial charge in [-0.2, -0.15) is 5.10 Å². The quantitative estimate of drug-likeness (QED) is 0.837. The van der Waals surface area contributed by atoms with Crippen molar-refractivity contribution in [3.05, 3.63) is 18.0 Å². The van der Waals surface area contributed by atoms with Gasteiger partial charge in [0.05, 0.1) is 6.20 Å². The summed E-state index contributed by atoms with van der Waals surface area (Å²) in [7, 11) is 1.90.